The van der Waals surface area contributed by atoms with Gasteiger partial charge in [0.1, 0.15) is 0 Å². The summed E-state index contributed by atoms with van der Waals surface area (Å²) < 4.78 is 0. The number of aliphatic hydroxyl groups is 1. The molecule has 0 unspecified atom stereocenters. The van der Waals surface area contributed by atoms with Gasteiger partial charge in [-0.15, -0.1) is 0 Å². The number of nitrogens with zero attached hydrogens (tertiary/aromatic N) is 1. The van der Waals surface area contributed by atoms with Crippen LogP contribution in [0.5, 0.6) is 0 Å². The lowest BCUT2D eigenvalue weighted by Gasteiger charge is -2.32. The van der Waals surface area contributed by atoms with Crippen molar-refractivity contribution >= 4 is 0 Å². The van der Waals surface area contributed by atoms with Gasteiger partial charge >= 0.3 is 0 Å². The molecule has 0 aromatic rings. The summed E-state index contributed by atoms with van der Waals surface area (Å²) in [6.45, 7) is 0.874. The van der Waals surface area contributed by atoms with Gasteiger partial charge < -0.3 is 10.0 Å². The van der Waals surface area contributed by atoms with Gasteiger partial charge in [-0.05, 0) is 24.1 Å². The molecule has 2 heterocycles. The first-order valence-electron chi connectivity index (χ1n) is 4.83. The van der Waals surface area contributed by atoms with Crippen LogP contribution in [0.4, 0.5) is 0 Å². The van der Waals surface area contributed by atoms with E-state index in [1.165, 1.54) is 11.1 Å². The van der Waals surface area contributed by atoms with Crippen LogP contribution in [0.15, 0.2) is 59.2 Å². The van der Waals surface area contributed by atoms with Crippen LogP contribution >= 0.6 is 0 Å². The molecule has 2 heteroatoms. The van der Waals surface area contributed by atoms with E-state index in [-0.39, 0.29) is 0 Å². The van der Waals surface area contributed by atoms with E-state index >= 15 is 0 Å². The number of fused-ring (bicyclic) bond motifs is 2. The highest BCUT2D eigenvalue weighted by molar-refractivity contribution is 5.56. The standard InChI is InChI=1S/C12H11NO/c14-12-6-2-5-11-10-4-1-3-9(10)7-8-13(11)12/h1-6,14H,7-8H2. The van der Waals surface area contributed by atoms with Crippen LogP contribution in [-0.2, 0) is 0 Å². The van der Waals surface area contributed by atoms with Gasteiger partial charge in [0.2, 0.25) is 0 Å². The average Bonchev–Trinajstić information content (AvgIpc) is 2.66. The molecule has 14 heavy (non-hydrogen) atoms. The zero-order chi connectivity index (χ0) is 9.54. The Morgan fingerprint density at radius 2 is 2.00 bits per heavy atom. The second-order valence-electron chi connectivity index (χ2n) is 3.64. The van der Waals surface area contributed by atoms with E-state index in [2.05, 4.69) is 24.3 Å². The van der Waals surface area contributed by atoms with Crippen LogP contribution in [0, 0.1) is 0 Å². The fourth-order valence-corrected chi connectivity index (χ4v) is 2.16. The molecule has 1 N–H and O–H groups in total. The molecule has 3 aliphatic rings. The van der Waals surface area contributed by atoms with Crippen molar-refractivity contribution in [3.63, 3.8) is 0 Å². The van der Waals surface area contributed by atoms with Gasteiger partial charge in [-0.3, -0.25) is 0 Å². The maximum atomic E-state index is 9.68. The molecular weight excluding hydrogens is 174 g/mol. The Kier molecular flexibility index (Phi) is 1.45. The summed E-state index contributed by atoms with van der Waals surface area (Å²) in [6.07, 6.45) is 13.0. The molecule has 70 valence electrons. The Balaban J connectivity index is 2.16. The molecular formula is C12H11NO. The third-order valence-corrected chi connectivity index (χ3v) is 2.85. The maximum Gasteiger partial charge on any atom is 0.191 e. The molecule has 2 nitrogen and oxygen atoms in total. The van der Waals surface area contributed by atoms with Gasteiger partial charge in [-0.25, -0.2) is 0 Å². The average molecular weight is 185 g/mol. The SMILES string of the molecule is OC1=CC=CC2=C3C=CC=C3CCN12. The minimum absolute atomic E-state index is 0.356. The first-order chi connectivity index (χ1) is 6.86. The largest absolute Gasteiger partial charge is 0.494 e. The summed E-state index contributed by atoms with van der Waals surface area (Å²) in [6, 6.07) is 0. The summed E-state index contributed by atoms with van der Waals surface area (Å²) in [5, 5.41) is 9.68. The quantitative estimate of drug-likeness (QED) is 0.626. The number of hydrogen-bond acceptors (Lipinski definition) is 2. The normalized spacial score (nSPS) is 23.3. The zero-order valence-corrected chi connectivity index (χ0v) is 7.77. The molecule has 0 saturated carbocycles. The van der Waals surface area contributed by atoms with Crippen LogP contribution in [-0.4, -0.2) is 16.6 Å². The minimum atomic E-state index is 0.356. The summed E-state index contributed by atoms with van der Waals surface area (Å²) >= 11 is 0. The summed E-state index contributed by atoms with van der Waals surface area (Å²) in [5.41, 5.74) is 3.76. The van der Waals surface area contributed by atoms with Crippen molar-refractivity contribution in [2.75, 3.05) is 6.54 Å². The van der Waals surface area contributed by atoms with Crippen molar-refractivity contribution in [1.29, 1.82) is 0 Å². The molecule has 0 atom stereocenters. The Bertz CT molecular complexity index is 435. The molecule has 0 amide bonds. The van der Waals surface area contributed by atoms with Crippen LogP contribution in [0.1, 0.15) is 6.42 Å². The lowest BCUT2D eigenvalue weighted by atomic mass is 9.97. The van der Waals surface area contributed by atoms with Crippen LogP contribution in [0.2, 0.25) is 0 Å². The van der Waals surface area contributed by atoms with E-state index in [0.717, 1.165) is 18.7 Å². The van der Waals surface area contributed by atoms with Gasteiger partial charge in [-0.2, -0.15) is 0 Å². The highest BCUT2D eigenvalue weighted by Crippen LogP contribution is 2.34. The van der Waals surface area contributed by atoms with Crippen molar-refractivity contribution in [3.05, 3.63) is 59.2 Å². The number of aliphatic hydroxyl groups excluding tert-OH is 1. The minimum Gasteiger partial charge on any atom is -0.494 e. The molecule has 0 saturated heterocycles. The third-order valence-electron chi connectivity index (χ3n) is 2.85. The summed E-state index contributed by atoms with van der Waals surface area (Å²) in [5.74, 6) is 0.356. The van der Waals surface area contributed by atoms with Gasteiger partial charge in [-0.1, -0.05) is 24.3 Å². The van der Waals surface area contributed by atoms with E-state index in [0.29, 0.717) is 5.88 Å². The smallest absolute Gasteiger partial charge is 0.191 e. The van der Waals surface area contributed by atoms with Gasteiger partial charge in [0, 0.05) is 12.1 Å². The second-order valence-corrected chi connectivity index (χ2v) is 3.64. The van der Waals surface area contributed by atoms with Crippen molar-refractivity contribution in [3.8, 4) is 0 Å². The molecule has 1 aliphatic carbocycles. The van der Waals surface area contributed by atoms with Crippen LogP contribution in [0.25, 0.3) is 0 Å². The Hall–Kier alpha value is -1.70. The summed E-state index contributed by atoms with van der Waals surface area (Å²) in [4.78, 5) is 1.96. The lowest BCUT2D eigenvalue weighted by Crippen LogP contribution is -2.29. The van der Waals surface area contributed by atoms with Crippen LogP contribution in [0.3, 0.4) is 0 Å². The first kappa shape index (κ1) is 7.68. The number of rotatable bonds is 0. The molecule has 3 rings (SSSR count). The topological polar surface area (TPSA) is 23.5 Å². The highest BCUT2D eigenvalue weighted by atomic mass is 16.3. The van der Waals surface area contributed by atoms with Gasteiger partial charge in [0.05, 0.1) is 5.70 Å². The Morgan fingerprint density at radius 1 is 1.14 bits per heavy atom. The second kappa shape index (κ2) is 2.64. The lowest BCUT2D eigenvalue weighted by molar-refractivity contribution is 0.238. The van der Waals surface area contributed by atoms with Crippen molar-refractivity contribution in [2.24, 2.45) is 0 Å². The summed E-state index contributed by atoms with van der Waals surface area (Å²) in [7, 11) is 0. The van der Waals surface area contributed by atoms with Gasteiger partial charge in [0.15, 0.2) is 5.88 Å². The zero-order valence-electron chi connectivity index (χ0n) is 7.77. The predicted octanol–water partition coefficient (Wildman–Crippen LogP) is 2.41. The first-order valence-corrected chi connectivity index (χ1v) is 4.83. The molecule has 0 aromatic heterocycles. The fraction of sp³-hybridized carbons (Fsp3) is 0.167. The maximum absolute atomic E-state index is 9.68. The fourth-order valence-electron chi connectivity index (χ4n) is 2.16. The molecule has 0 radical (unpaired) electrons. The molecule has 0 aromatic carbocycles. The van der Waals surface area contributed by atoms with Crippen molar-refractivity contribution in [1.82, 2.24) is 4.90 Å². The van der Waals surface area contributed by atoms with Crippen LogP contribution < -0.4 is 0 Å². The van der Waals surface area contributed by atoms with E-state index in [1.54, 1.807) is 6.08 Å². The van der Waals surface area contributed by atoms with Crippen molar-refractivity contribution in [2.45, 2.75) is 6.42 Å². The van der Waals surface area contributed by atoms with E-state index in [9.17, 15) is 5.11 Å². The van der Waals surface area contributed by atoms with Crippen molar-refractivity contribution < 1.29 is 5.11 Å². The molecule has 0 bridgehead atoms. The molecule has 2 aliphatic heterocycles. The monoisotopic (exact) mass is 185 g/mol. The predicted molar refractivity (Wildman–Crippen MR) is 55.4 cm³/mol. The van der Waals surface area contributed by atoms with E-state index in [4.69, 9.17) is 0 Å². The van der Waals surface area contributed by atoms with E-state index < -0.39 is 0 Å². The third kappa shape index (κ3) is 0.909. The van der Waals surface area contributed by atoms with E-state index in [1.807, 2.05) is 11.0 Å². The molecule has 0 spiro atoms. The number of allylic oxidation sites excluding steroid dienone is 7. The highest BCUT2D eigenvalue weighted by Gasteiger charge is 2.25. The Labute approximate surface area is 82.8 Å². The van der Waals surface area contributed by atoms with Gasteiger partial charge in [0.25, 0.3) is 0 Å². The Morgan fingerprint density at radius 3 is 2.93 bits per heavy atom. The molecule has 0 fully saturated rings. The number of hydrogen-bond donors (Lipinski definition) is 1.